The Balaban J connectivity index is 3.06. The van der Waals surface area contributed by atoms with Crippen LogP contribution in [0.2, 0.25) is 0 Å². The maximum Gasteiger partial charge on any atom is 0.207 e. The zero-order chi connectivity index (χ0) is 7.82. The van der Waals surface area contributed by atoms with Crippen LogP contribution in [0.3, 0.4) is 0 Å². The molecular weight excluding hydrogens is 132 g/mol. The minimum Gasteiger partial charge on any atom is -0.415 e. The molecule has 0 aromatic heterocycles. The predicted molar refractivity (Wildman–Crippen MR) is 37.2 cm³/mol. The normalized spacial score (nSPS) is 12.1. The van der Waals surface area contributed by atoms with Crippen LogP contribution in [-0.2, 0) is 14.2 Å². The van der Waals surface area contributed by atoms with Crippen molar-refractivity contribution in [1.82, 2.24) is 0 Å². The summed E-state index contributed by atoms with van der Waals surface area (Å²) < 4.78 is 14.4. The van der Waals surface area contributed by atoms with E-state index in [1.807, 2.05) is 6.11 Å². The Morgan fingerprint density at radius 2 is 2.20 bits per heavy atom. The zero-order valence-corrected chi connectivity index (χ0v) is 6.29. The molecule has 0 aromatic carbocycles. The summed E-state index contributed by atoms with van der Waals surface area (Å²) in [7, 11) is 1.61. The zero-order valence-electron chi connectivity index (χ0n) is 6.29. The van der Waals surface area contributed by atoms with E-state index in [0.717, 1.165) is 0 Å². The van der Waals surface area contributed by atoms with E-state index in [0.29, 0.717) is 13.2 Å². The fourth-order valence-corrected chi connectivity index (χ4v) is 0.427. The maximum atomic E-state index is 5.03. The van der Waals surface area contributed by atoms with Gasteiger partial charge in [-0.05, 0) is 6.92 Å². The first kappa shape index (κ1) is 9.28. The lowest BCUT2D eigenvalue weighted by Gasteiger charge is -2.08. The number of terminal acetylenes is 1. The van der Waals surface area contributed by atoms with Crippen LogP contribution < -0.4 is 0 Å². The number of ether oxygens (including phenoxy) is 3. The van der Waals surface area contributed by atoms with Gasteiger partial charge in [-0.2, -0.15) is 0 Å². The third kappa shape index (κ3) is 5.42. The van der Waals surface area contributed by atoms with Crippen molar-refractivity contribution < 1.29 is 14.2 Å². The van der Waals surface area contributed by atoms with Gasteiger partial charge in [-0.3, -0.25) is 0 Å². The molecule has 0 fully saturated rings. The molecule has 58 valence electrons. The van der Waals surface area contributed by atoms with Gasteiger partial charge in [0.25, 0.3) is 0 Å². The molecular formula is C7H12O3. The standard InChI is InChI=1S/C7H12O3/c1-4-9-7(2)10-6-5-8-3/h1,7H,5-6H2,2-3H3. The fourth-order valence-electron chi connectivity index (χ4n) is 0.427. The summed E-state index contributed by atoms with van der Waals surface area (Å²) >= 11 is 0. The van der Waals surface area contributed by atoms with Crippen molar-refractivity contribution in [2.24, 2.45) is 0 Å². The van der Waals surface area contributed by atoms with Gasteiger partial charge >= 0.3 is 0 Å². The Labute approximate surface area is 61.3 Å². The lowest BCUT2D eigenvalue weighted by molar-refractivity contribution is -0.0951. The first-order valence-electron chi connectivity index (χ1n) is 3.03. The van der Waals surface area contributed by atoms with Crippen LogP contribution in [0.15, 0.2) is 0 Å². The Bertz CT molecular complexity index is 106. The summed E-state index contributed by atoms with van der Waals surface area (Å²) in [5.41, 5.74) is 0. The van der Waals surface area contributed by atoms with Gasteiger partial charge in [0.1, 0.15) is 6.11 Å². The van der Waals surface area contributed by atoms with Gasteiger partial charge in [0.2, 0.25) is 6.29 Å². The fraction of sp³-hybridized carbons (Fsp3) is 0.714. The third-order valence-corrected chi connectivity index (χ3v) is 0.874. The highest BCUT2D eigenvalue weighted by atomic mass is 16.7. The number of hydrogen-bond donors (Lipinski definition) is 0. The quantitative estimate of drug-likeness (QED) is 0.321. The average molecular weight is 144 g/mol. The summed E-state index contributed by atoms with van der Waals surface area (Å²) in [6.07, 6.45) is 6.53. The molecule has 0 aliphatic rings. The topological polar surface area (TPSA) is 27.7 Å². The summed E-state index contributed by atoms with van der Waals surface area (Å²) in [4.78, 5) is 0. The van der Waals surface area contributed by atoms with E-state index in [1.54, 1.807) is 14.0 Å². The SMILES string of the molecule is C#COC(C)OCCOC. The van der Waals surface area contributed by atoms with Gasteiger partial charge in [0.15, 0.2) is 0 Å². The Morgan fingerprint density at radius 3 is 2.70 bits per heavy atom. The molecule has 0 heterocycles. The molecule has 0 aromatic rings. The van der Waals surface area contributed by atoms with Crippen molar-refractivity contribution in [2.75, 3.05) is 20.3 Å². The van der Waals surface area contributed by atoms with E-state index in [9.17, 15) is 0 Å². The van der Waals surface area contributed by atoms with Crippen molar-refractivity contribution >= 4 is 0 Å². The van der Waals surface area contributed by atoms with E-state index in [-0.39, 0.29) is 6.29 Å². The Morgan fingerprint density at radius 1 is 1.50 bits per heavy atom. The van der Waals surface area contributed by atoms with Crippen LogP contribution in [0.25, 0.3) is 0 Å². The second-order valence-corrected chi connectivity index (χ2v) is 1.67. The Kier molecular flexibility index (Phi) is 5.94. The summed E-state index contributed by atoms with van der Waals surface area (Å²) in [6, 6.07) is 0. The van der Waals surface area contributed by atoms with Gasteiger partial charge in [-0.1, -0.05) is 6.42 Å². The molecule has 0 radical (unpaired) electrons. The van der Waals surface area contributed by atoms with E-state index in [2.05, 4.69) is 4.74 Å². The molecule has 0 aliphatic heterocycles. The van der Waals surface area contributed by atoms with Crippen molar-refractivity contribution in [3.05, 3.63) is 0 Å². The van der Waals surface area contributed by atoms with Crippen LogP contribution in [0.1, 0.15) is 6.92 Å². The molecule has 3 nitrogen and oxygen atoms in total. The highest BCUT2D eigenvalue weighted by Gasteiger charge is 1.97. The number of methoxy groups -OCH3 is 1. The predicted octanol–water partition coefficient (Wildman–Crippen LogP) is 0.603. The summed E-state index contributed by atoms with van der Waals surface area (Å²) in [5, 5.41) is 0. The molecule has 0 saturated carbocycles. The van der Waals surface area contributed by atoms with Gasteiger partial charge in [-0.15, -0.1) is 0 Å². The van der Waals surface area contributed by atoms with E-state index in [4.69, 9.17) is 15.9 Å². The molecule has 0 bridgehead atoms. The molecule has 0 rings (SSSR count). The van der Waals surface area contributed by atoms with Crippen LogP contribution in [-0.4, -0.2) is 26.6 Å². The van der Waals surface area contributed by atoms with E-state index >= 15 is 0 Å². The molecule has 0 aliphatic carbocycles. The average Bonchev–Trinajstić information content (AvgIpc) is 1.89. The monoisotopic (exact) mass is 144 g/mol. The van der Waals surface area contributed by atoms with Crippen molar-refractivity contribution in [3.63, 3.8) is 0 Å². The molecule has 0 saturated heterocycles. The second-order valence-electron chi connectivity index (χ2n) is 1.67. The smallest absolute Gasteiger partial charge is 0.207 e. The summed E-state index contributed by atoms with van der Waals surface area (Å²) in [5.74, 6) is 0. The van der Waals surface area contributed by atoms with Gasteiger partial charge in [0.05, 0.1) is 13.2 Å². The summed E-state index contributed by atoms with van der Waals surface area (Å²) in [6.45, 7) is 2.78. The number of hydrogen-bond acceptors (Lipinski definition) is 3. The molecule has 3 heteroatoms. The second kappa shape index (κ2) is 6.40. The maximum absolute atomic E-state index is 5.03. The van der Waals surface area contributed by atoms with Crippen LogP contribution in [0.4, 0.5) is 0 Å². The largest absolute Gasteiger partial charge is 0.415 e. The first-order chi connectivity index (χ1) is 4.81. The lowest BCUT2D eigenvalue weighted by atomic mass is 10.7. The minimum absolute atomic E-state index is 0.347. The highest BCUT2D eigenvalue weighted by Crippen LogP contribution is 1.90. The van der Waals surface area contributed by atoms with Gasteiger partial charge < -0.3 is 14.2 Å². The lowest BCUT2D eigenvalue weighted by Crippen LogP contribution is -2.13. The Hall–Kier alpha value is -0.720. The van der Waals surface area contributed by atoms with Gasteiger partial charge in [0, 0.05) is 7.11 Å². The first-order valence-corrected chi connectivity index (χ1v) is 3.03. The molecule has 1 atom stereocenters. The van der Waals surface area contributed by atoms with Crippen LogP contribution in [0, 0.1) is 12.5 Å². The van der Waals surface area contributed by atoms with Crippen molar-refractivity contribution in [2.45, 2.75) is 13.2 Å². The van der Waals surface area contributed by atoms with E-state index in [1.165, 1.54) is 0 Å². The van der Waals surface area contributed by atoms with Crippen molar-refractivity contribution in [3.8, 4) is 12.5 Å². The molecule has 10 heavy (non-hydrogen) atoms. The van der Waals surface area contributed by atoms with Crippen LogP contribution in [0.5, 0.6) is 0 Å². The highest BCUT2D eigenvalue weighted by molar-refractivity contribution is 4.68. The molecule has 1 unspecified atom stereocenters. The third-order valence-electron chi connectivity index (χ3n) is 0.874. The molecule has 0 amide bonds. The molecule has 0 spiro atoms. The molecule has 0 N–H and O–H groups in total. The minimum atomic E-state index is -0.347. The van der Waals surface area contributed by atoms with E-state index < -0.39 is 0 Å². The number of rotatable bonds is 5. The van der Waals surface area contributed by atoms with Gasteiger partial charge in [-0.25, -0.2) is 0 Å². The van der Waals surface area contributed by atoms with Crippen molar-refractivity contribution in [1.29, 1.82) is 0 Å². The van der Waals surface area contributed by atoms with Crippen LogP contribution >= 0.6 is 0 Å².